The molecule has 0 saturated carbocycles. The molecule has 0 bridgehead atoms. The van der Waals surface area contributed by atoms with E-state index in [1.54, 1.807) is 0 Å². The quantitative estimate of drug-likeness (QED) is 0.216. The van der Waals surface area contributed by atoms with E-state index in [0.29, 0.717) is 0 Å². The third kappa shape index (κ3) is 2.52. The minimum Gasteiger partial charge on any atom is -0.0616 e. The van der Waals surface area contributed by atoms with E-state index >= 15 is 0 Å². The zero-order chi connectivity index (χ0) is 21.5. The van der Waals surface area contributed by atoms with Crippen LogP contribution in [0, 0.1) is 0 Å². The topological polar surface area (TPSA) is 0 Å². The lowest BCUT2D eigenvalue weighted by Gasteiger charge is -2.09. The Labute approximate surface area is 191 Å². The largest absolute Gasteiger partial charge is 0.0616 e. The van der Waals surface area contributed by atoms with Crippen molar-refractivity contribution in [1.82, 2.24) is 0 Å². The summed E-state index contributed by atoms with van der Waals surface area (Å²) in [4.78, 5) is 0. The second-order valence-electron chi connectivity index (χ2n) is 9.49. The lowest BCUT2D eigenvalue weighted by molar-refractivity contribution is 1.28. The van der Waals surface area contributed by atoms with Gasteiger partial charge in [0.2, 0.25) is 0 Å². The van der Waals surface area contributed by atoms with E-state index in [2.05, 4.69) is 109 Å². The van der Waals surface area contributed by atoms with E-state index < -0.39 is 0 Å². The summed E-state index contributed by atoms with van der Waals surface area (Å²) in [7, 11) is 0. The Morgan fingerprint density at radius 2 is 0.606 bits per heavy atom. The molecule has 0 fully saturated rings. The molecule has 0 heteroatoms. The van der Waals surface area contributed by atoms with Crippen molar-refractivity contribution in [2.45, 2.75) is 6.42 Å². The monoisotopic (exact) mass is 416 g/mol. The van der Waals surface area contributed by atoms with Crippen LogP contribution < -0.4 is 0 Å². The van der Waals surface area contributed by atoms with Crippen LogP contribution in [0.1, 0.15) is 11.1 Å². The lowest BCUT2D eigenvalue weighted by Crippen LogP contribution is -1.83. The van der Waals surface area contributed by atoms with Gasteiger partial charge >= 0.3 is 0 Å². The maximum absolute atomic E-state index is 2.42. The highest BCUT2D eigenvalue weighted by Gasteiger charge is 2.20. The summed E-state index contributed by atoms with van der Waals surface area (Å²) >= 11 is 0. The summed E-state index contributed by atoms with van der Waals surface area (Å²) in [6.45, 7) is 0. The van der Waals surface area contributed by atoms with Crippen LogP contribution in [0.3, 0.4) is 0 Å². The number of hydrogen-bond donors (Lipinski definition) is 0. The van der Waals surface area contributed by atoms with Crippen LogP contribution in [0.25, 0.3) is 65.0 Å². The average Bonchev–Trinajstić information content (AvgIpc) is 3.18. The summed E-state index contributed by atoms with van der Waals surface area (Å²) in [5.41, 5.74) is 5.68. The molecule has 0 saturated heterocycles. The fourth-order valence-corrected chi connectivity index (χ4v) is 5.83. The first-order valence-corrected chi connectivity index (χ1v) is 11.6. The van der Waals surface area contributed by atoms with Gasteiger partial charge in [-0.05, 0) is 131 Å². The van der Waals surface area contributed by atoms with Crippen LogP contribution in [0.5, 0.6) is 0 Å². The minimum atomic E-state index is 1.01. The maximum Gasteiger partial charge on any atom is -0.00130 e. The maximum atomic E-state index is 2.42. The molecule has 0 aromatic heterocycles. The van der Waals surface area contributed by atoms with E-state index in [0.717, 1.165) is 6.42 Å². The molecule has 1 aliphatic rings. The Bertz CT molecular complexity index is 1940. The van der Waals surface area contributed by atoms with E-state index in [9.17, 15) is 0 Å². The van der Waals surface area contributed by atoms with Crippen molar-refractivity contribution < 1.29 is 0 Å². The minimum absolute atomic E-state index is 1.01. The number of fused-ring (bicyclic) bond motifs is 8. The number of hydrogen-bond acceptors (Lipinski definition) is 0. The highest BCUT2D eigenvalue weighted by molar-refractivity contribution is 6.07. The fourth-order valence-electron chi connectivity index (χ4n) is 5.83. The summed E-state index contributed by atoms with van der Waals surface area (Å²) < 4.78 is 0. The van der Waals surface area contributed by atoms with Gasteiger partial charge in [0.1, 0.15) is 0 Å². The Balaban J connectivity index is 1.36. The molecular formula is C33H20. The Hall–Kier alpha value is -4.16. The van der Waals surface area contributed by atoms with Crippen LogP contribution in [0.4, 0.5) is 0 Å². The molecule has 0 aliphatic heterocycles. The first-order valence-electron chi connectivity index (χ1n) is 11.6. The van der Waals surface area contributed by atoms with E-state index in [-0.39, 0.29) is 0 Å². The zero-order valence-electron chi connectivity index (χ0n) is 18.1. The molecule has 0 radical (unpaired) electrons. The summed E-state index contributed by atoms with van der Waals surface area (Å²) in [5, 5.41) is 13.2. The predicted molar refractivity (Wildman–Crippen MR) is 142 cm³/mol. The van der Waals surface area contributed by atoms with Crippen molar-refractivity contribution in [3.05, 3.63) is 120 Å². The van der Waals surface area contributed by atoms with Crippen molar-refractivity contribution in [2.24, 2.45) is 0 Å². The van der Waals surface area contributed by atoms with Gasteiger partial charge in [0.15, 0.2) is 0 Å². The second-order valence-corrected chi connectivity index (χ2v) is 9.49. The molecule has 1 aliphatic carbocycles. The van der Waals surface area contributed by atoms with Gasteiger partial charge in [-0.3, -0.25) is 0 Å². The van der Waals surface area contributed by atoms with Gasteiger partial charge < -0.3 is 0 Å². The Morgan fingerprint density at radius 1 is 0.303 bits per heavy atom. The van der Waals surface area contributed by atoms with Crippen molar-refractivity contribution in [3.8, 4) is 11.1 Å². The van der Waals surface area contributed by atoms with Crippen LogP contribution >= 0.6 is 0 Å². The van der Waals surface area contributed by atoms with Crippen LogP contribution in [0.15, 0.2) is 109 Å². The van der Waals surface area contributed by atoms with E-state index in [4.69, 9.17) is 0 Å². The second kappa shape index (κ2) is 6.21. The standard InChI is InChI=1S/C33H20/c1-2-6-21-10-25-14-29-19-33-31(16-27(29)13-24(25)9-20(21)5-1)17-30-15-26-11-22-7-3-4-8-23(22)12-28(26)18-32(30)33/h1-16,18-19H,17H2. The van der Waals surface area contributed by atoms with Crippen LogP contribution in [-0.2, 0) is 6.42 Å². The number of rotatable bonds is 0. The molecule has 8 rings (SSSR count). The van der Waals surface area contributed by atoms with Gasteiger partial charge in [-0.15, -0.1) is 0 Å². The average molecular weight is 417 g/mol. The molecule has 0 spiro atoms. The van der Waals surface area contributed by atoms with E-state index in [1.165, 1.54) is 76.1 Å². The molecule has 0 unspecified atom stereocenters. The molecule has 0 nitrogen and oxygen atoms in total. The van der Waals surface area contributed by atoms with Crippen molar-refractivity contribution in [3.63, 3.8) is 0 Å². The third-order valence-electron chi connectivity index (χ3n) is 7.48. The number of benzene rings is 7. The first kappa shape index (κ1) is 17.4. The van der Waals surface area contributed by atoms with Gasteiger partial charge in [-0.2, -0.15) is 0 Å². The molecular weight excluding hydrogens is 396 g/mol. The molecule has 7 aromatic rings. The highest BCUT2D eigenvalue weighted by atomic mass is 14.2. The lowest BCUT2D eigenvalue weighted by atomic mass is 9.95. The summed E-state index contributed by atoms with van der Waals surface area (Å²) in [5.74, 6) is 0. The molecule has 7 aromatic carbocycles. The van der Waals surface area contributed by atoms with Gasteiger partial charge in [0.25, 0.3) is 0 Å². The normalized spacial score (nSPS) is 12.7. The Morgan fingerprint density at radius 3 is 1.00 bits per heavy atom. The van der Waals surface area contributed by atoms with Gasteiger partial charge in [-0.25, -0.2) is 0 Å². The van der Waals surface area contributed by atoms with Crippen molar-refractivity contribution >= 4 is 53.9 Å². The third-order valence-corrected chi connectivity index (χ3v) is 7.48. The SMILES string of the molecule is c1ccc2cc3cc4c(cc3cc2c1)Cc1cc2cc3cc5ccccc5cc3cc2cc1-4. The van der Waals surface area contributed by atoms with Gasteiger partial charge in [-0.1, -0.05) is 60.7 Å². The first-order chi connectivity index (χ1) is 16.3. The van der Waals surface area contributed by atoms with Crippen LogP contribution in [-0.4, -0.2) is 0 Å². The van der Waals surface area contributed by atoms with E-state index in [1.807, 2.05) is 0 Å². The molecule has 0 amide bonds. The van der Waals surface area contributed by atoms with Crippen LogP contribution in [0.2, 0.25) is 0 Å². The Kier molecular flexibility index (Phi) is 3.27. The molecule has 0 N–H and O–H groups in total. The molecule has 0 heterocycles. The molecule has 152 valence electrons. The van der Waals surface area contributed by atoms with Gasteiger partial charge in [0.05, 0.1) is 0 Å². The molecule has 0 atom stereocenters. The predicted octanol–water partition coefficient (Wildman–Crippen LogP) is 9.02. The molecule has 33 heavy (non-hydrogen) atoms. The zero-order valence-corrected chi connectivity index (χ0v) is 18.1. The van der Waals surface area contributed by atoms with Gasteiger partial charge in [0, 0.05) is 0 Å². The summed E-state index contributed by atoms with van der Waals surface area (Å²) in [6.07, 6.45) is 1.01. The summed E-state index contributed by atoms with van der Waals surface area (Å²) in [6, 6.07) is 41.0. The van der Waals surface area contributed by atoms with Crippen molar-refractivity contribution in [2.75, 3.05) is 0 Å². The van der Waals surface area contributed by atoms with Crippen molar-refractivity contribution in [1.29, 1.82) is 0 Å². The highest BCUT2D eigenvalue weighted by Crippen LogP contribution is 2.42. The fraction of sp³-hybridized carbons (Fsp3) is 0.0303. The smallest absolute Gasteiger partial charge is 0.00130 e.